The monoisotopic (exact) mass is 752 g/mol. The van der Waals surface area contributed by atoms with E-state index in [1.807, 2.05) is 6.08 Å². The van der Waals surface area contributed by atoms with Crippen LogP contribution in [0.5, 0.6) is 0 Å². The molecule has 6 fully saturated rings. The molecule has 7 rings (SSSR count). The smallest absolute Gasteiger partial charge is 0.187 e. The van der Waals surface area contributed by atoms with E-state index in [1.165, 1.54) is 12.5 Å². The SMILES string of the molecule is COC1OC(C(C)C2CCC3C4=CC(=O)C5C[C@@H](O[C@@H]6O[C@H](CO)[C@@H](O)[C@H](O)[C@H]6O[C@@H]6O[C@@H](C)[C@H](O)[C@@H](O)[C@H]6O)CC[C@]5(C)C4CC[C@@]32C)CCC1C. The number of fused-ring (bicyclic) bond motifs is 5. The average molecular weight is 753 g/mol. The van der Waals surface area contributed by atoms with E-state index < -0.39 is 74.1 Å². The molecule has 0 aromatic heterocycles. The Morgan fingerprint density at radius 3 is 2.21 bits per heavy atom. The zero-order valence-electron chi connectivity index (χ0n) is 32.2. The third-order valence-corrected chi connectivity index (χ3v) is 15.3. The molecule has 0 spiro atoms. The molecule has 0 radical (unpaired) electrons. The normalized spacial score (nSPS) is 53.7. The standard InChI is InChI=1S/C40H64O13/c1-18-7-10-28(51-36(18)48-6)19(2)23-8-9-24-22-16-27(42)26-15-21(11-13-40(26,5)25(22)12-14-39(23,24)4)50-38-35(33(46)31(44)29(17-41)52-38)53-37-34(47)32(45)30(43)20(3)49-37/h16,18-21,23-26,28-38,41,43-47H,7-15,17H2,1-6H3/t18?,19?,20-,21-,23?,24?,25?,26?,28?,29+,30-,31+,32+,33-,34+,35+,36?,37-,38+,39+,40+/m0/s1. The Morgan fingerprint density at radius 1 is 0.774 bits per heavy atom. The van der Waals surface area contributed by atoms with Gasteiger partial charge >= 0.3 is 0 Å². The van der Waals surface area contributed by atoms with Gasteiger partial charge in [-0.2, -0.15) is 0 Å². The van der Waals surface area contributed by atoms with Crippen molar-refractivity contribution in [3.63, 3.8) is 0 Å². The van der Waals surface area contributed by atoms with E-state index in [0.717, 1.165) is 44.9 Å². The Labute approximate surface area is 313 Å². The van der Waals surface area contributed by atoms with Gasteiger partial charge in [0.15, 0.2) is 24.7 Å². The van der Waals surface area contributed by atoms with Crippen molar-refractivity contribution in [2.45, 2.75) is 172 Å². The van der Waals surface area contributed by atoms with Gasteiger partial charge in [-0.15, -0.1) is 0 Å². The predicted octanol–water partition coefficient (Wildman–Crippen LogP) is 2.21. The Kier molecular flexibility index (Phi) is 11.6. The van der Waals surface area contributed by atoms with Crippen LogP contribution >= 0.6 is 0 Å². The van der Waals surface area contributed by atoms with E-state index >= 15 is 0 Å². The van der Waals surface area contributed by atoms with Crippen LogP contribution in [0, 0.1) is 46.3 Å². The Balaban J connectivity index is 1.06. The molecule has 3 heterocycles. The number of methoxy groups -OCH3 is 1. The lowest BCUT2D eigenvalue weighted by molar-refractivity contribution is -0.370. The summed E-state index contributed by atoms with van der Waals surface area (Å²) in [6.07, 6.45) is -4.03. The van der Waals surface area contributed by atoms with Crippen LogP contribution in [0.25, 0.3) is 0 Å². The largest absolute Gasteiger partial charge is 0.394 e. The van der Waals surface area contributed by atoms with Crippen molar-refractivity contribution < 1.29 is 63.9 Å². The zero-order valence-corrected chi connectivity index (χ0v) is 32.2. The molecule has 0 aromatic rings. The average Bonchev–Trinajstić information content (AvgIpc) is 3.50. The summed E-state index contributed by atoms with van der Waals surface area (Å²) in [6, 6.07) is 0. The maximum atomic E-state index is 14.2. The number of allylic oxidation sites excluding steroid dienone is 2. The van der Waals surface area contributed by atoms with E-state index in [4.69, 9.17) is 28.4 Å². The summed E-state index contributed by atoms with van der Waals surface area (Å²) in [5.41, 5.74) is 1.20. The van der Waals surface area contributed by atoms with Gasteiger partial charge in [0.25, 0.3) is 0 Å². The van der Waals surface area contributed by atoms with Crippen LogP contribution in [-0.4, -0.2) is 130 Å². The molecule has 6 N–H and O–H groups in total. The number of ketones is 1. The maximum absolute atomic E-state index is 14.2. The Bertz CT molecular complexity index is 1350. The second-order valence-corrected chi connectivity index (χ2v) is 18.2. The van der Waals surface area contributed by atoms with Crippen molar-refractivity contribution in [1.82, 2.24) is 0 Å². The highest BCUT2D eigenvalue weighted by Gasteiger charge is 2.61. The summed E-state index contributed by atoms with van der Waals surface area (Å²) < 4.78 is 36.1. The highest BCUT2D eigenvalue weighted by molar-refractivity contribution is 5.94. The number of hydrogen-bond donors (Lipinski definition) is 6. The van der Waals surface area contributed by atoms with Gasteiger partial charge in [0.05, 0.1) is 24.9 Å². The number of hydrogen-bond acceptors (Lipinski definition) is 13. The fourth-order valence-electron chi connectivity index (χ4n) is 12.0. The molecule has 0 bridgehead atoms. The fraction of sp³-hybridized carbons (Fsp3) is 0.925. The minimum atomic E-state index is -1.65. The molecule has 21 atom stereocenters. The van der Waals surface area contributed by atoms with Gasteiger partial charge in [-0.1, -0.05) is 33.3 Å². The van der Waals surface area contributed by atoms with Crippen LogP contribution in [0.2, 0.25) is 0 Å². The number of aliphatic hydroxyl groups is 6. The lowest BCUT2D eigenvalue weighted by atomic mass is 9.47. The molecule has 13 nitrogen and oxygen atoms in total. The van der Waals surface area contributed by atoms with Gasteiger partial charge in [-0.05, 0) is 105 Å². The van der Waals surface area contributed by atoms with Crippen LogP contribution in [0.15, 0.2) is 11.6 Å². The van der Waals surface area contributed by atoms with Crippen LogP contribution < -0.4 is 0 Å². The van der Waals surface area contributed by atoms with Crippen molar-refractivity contribution in [2.75, 3.05) is 13.7 Å². The van der Waals surface area contributed by atoms with E-state index in [-0.39, 0.29) is 34.9 Å². The minimum Gasteiger partial charge on any atom is -0.394 e. The Morgan fingerprint density at radius 2 is 1.49 bits per heavy atom. The number of carbonyl (C=O) groups excluding carboxylic acids is 1. The van der Waals surface area contributed by atoms with E-state index in [2.05, 4.69) is 27.7 Å². The molecule has 3 aliphatic heterocycles. The van der Waals surface area contributed by atoms with Gasteiger partial charge in [0, 0.05) is 18.9 Å². The first-order chi connectivity index (χ1) is 25.1. The van der Waals surface area contributed by atoms with Crippen molar-refractivity contribution >= 4 is 5.78 Å². The molecule has 0 aromatic carbocycles. The van der Waals surface area contributed by atoms with Gasteiger partial charge in [-0.3, -0.25) is 4.79 Å². The topological polar surface area (TPSA) is 194 Å². The minimum absolute atomic E-state index is 0.101. The number of rotatable bonds is 8. The first-order valence-corrected chi connectivity index (χ1v) is 20.2. The van der Waals surface area contributed by atoms with Crippen LogP contribution in [0.3, 0.4) is 0 Å². The molecule has 13 heteroatoms. The quantitative estimate of drug-likeness (QED) is 0.212. The molecule has 302 valence electrons. The van der Waals surface area contributed by atoms with Gasteiger partial charge < -0.3 is 59.1 Å². The molecule has 3 saturated carbocycles. The predicted molar refractivity (Wildman–Crippen MR) is 189 cm³/mol. The van der Waals surface area contributed by atoms with E-state index in [9.17, 15) is 35.4 Å². The van der Waals surface area contributed by atoms with Crippen LogP contribution in [0.4, 0.5) is 0 Å². The summed E-state index contributed by atoms with van der Waals surface area (Å²) in [7, 11) is 1.74. The highest BCUT2D eigenvalue weighted by Crippen LogP contribution is 2.67. The summed E-state index contributed by atoms with van der Waals surface area (Å²) >= 11 is 0. The van der Waals surface area contributed by atoms with Gasteiger partial charge in [-0.25, -0.2) is 0 Å². The van der Waals surface area contributed by atoms with E-state index in [0.29, 0.717) is 42.4 Å². The Hall–Kier alpha value is -1.07. The van der Waals surface area contributed by atoms with Gasteiger partial charge in [0.1, 0.15) is 42.7 Å². The molecule has 8 unspecified atom stereocenters. The highest BCUT2D eigenvalue weighted by atomic mass is 16.8. The zero-order chi connectivity index (χ0) is 38.1. The molecular weight excluding hydrogens is 688 g/mol. The first-order valence-electron chi connectivity index (χ1n) is 20.2. The van der Waals surface area contributed by atoms with E-state index in [1.54, 1.807) is 7.11 Å². The van der Waals surface area contributed by atoms with Crippen molar-refractivity contribution in [3.8, 4) is 0 Å². The van der Waals surface area contributed by atoms with Crippen LogP contribution in [0.1, 0.15) is 92.4 Å². The lowest BCUT2D eigenvalue weighted by Crippen LogP contribution is -2.64. The number of aliphatic hydroxyl groups excluding tert-OH is 6. The number of carbonyl (C=O) groups is 1. The lowest BCUT2D eigenvalue weighted by Gasteiger charge is -2.57. The second-order valence-electron chi connectivity index (χ2n) is 18.2. The molecule has 4 aliphatic carbocycles. The van der Waals surface area contributed by atoms with Crippen molar-refractivity contribution in [3.05, 3.63) is 11.6 Å². The second kappa shape index (κ2) is 15.4. The van der Waals surface area contributed by atoms with Crippen LogP contribution in [-0.2, 0) is 33.2 Å². The fourth-order valence-corrected chi connectivity index (χ4v) is 12.0. The van der Waals surface area contributed by atoms with Crippen molar-refractivity contribution in [1.29, 1.82) is 0 Å². The molecule has 7 aliphatic rings. The maximum Gasteiger partial charge on any atom is 0.187 e. The third-order valence-electron chi connectivity index (χ3n) is 15.3. The summed E-state index contributed by atoms with van der Waals surface area (Å²) in [6.45, 7) is 10.2. The summed E-state index contributed by atoms with van der Waals surface area (Å²) in [4.78, 5) is 14.2. The van der Waals surface area contributed by atoms with Crippen molar-refractivity contribution in [2.24, 2.45) is 46.3 Å². The summed E-state index contributed by atoms with van der Waals surface area (Å²) in [5, 5.41) is 62.9. The number of ether oxygens (including phenoxy) is 6. The molecule has 3 saturated heterocycles. The molecular formula is C40H64O13. The molecule has 53 heavy (non-hydrogen) atoms. The third kappa shape index (κ3) is 6.90. The first kappa shape index (κ1) is 40.1. The van der Waals surface area contributed by atoms with Gasteiger partial charge in [0.2, 0.25) is 0 Å². The molecule has 0 amide bonds. The summed E-state index contributed by atoms with van der Waals surface area (Å²) in [5.74, 6) is 1.81.